The highest BCUT2D eigenvalue weighted by Crippen LogP contribution is 2.40. The summed E-state index contributed by atoms with van der Waals surface area (Å²) < 4.78 is 0. The number of aromatic nitrogens is 2. The first kappa shape index (κ1) is 12.1. The molecule has 0 radical (unpaired) electrons. The Morgan fingerprint density at radius 3 is 2.74 bits per heavy atom. The second-order valence-corrected chi connectivity index (χ2v) is 5.33. The monoisotopic (exact) mass is 273 g/mol. The van der Waals surface area contributed by atoms with E-state index in [4.69, 9.17) is 11.6 Å². The number of fused-ring (bicyclic) bond motifs is 1. The van der Waals surface area contributed by atoms with Crippen molar-refractivity contribution in [3.8, 4) is 0 Å². The maximum absolute atomic E-state index is 12.5. The highest BCUT2D eigenvalue weighted by molar-refractivity contribution is 6.29. The third-order valence-corrected chi connectivity index (χ3v) is 3.55. The summed E-state index contributed by atoms with van der Waals surface area (Å²) in [5.74, 6) is -0.0721. The van der Waals surface area contributed by atoms with E-state index in [0.717, 1.165) is 5.69 Å². The summed E-state index contributed by atoms with van der Waals surface area (Å²) in [7, 11) is 0. The second kappa shape index (κ2) is 4.03. The molecule has 0 aliphatic carbocycles. The van der Waals surface area contributed by atoms with Crippen molar-refractivity contribution in [2.45, 2.75) is 19.4 Å². The van der Waals surface area contributed by atoms with Gasteiger partial charge in [0, 0.05) is 6.20 Å². The van der Waals surface area contributed by atoms with Gasteiger partial charge in [0.15, 0.2) is 0 Å². The summed E-state index contributed by atoms with van der Waals surface area (Å²) in [4.78, 5) is 22.6. The molecule has 5 heteroatoms. The molecule has 0 fully saturated rings. The number of carbonyl (C=O) groups excluding carboxylic acids is 1. The zero-order valence-electron chi connectivity index (χ0n) is 10.6. The summed E-state index contributed by atoms with van der Waals surface area (Å²) in [5.41, 5.74) is 1.51. The van der Waals surface area contributed by atoms with E-state index in [1.807, 2.05) is 26.0 Å². The Bertz CT molecular complexity index is 655. The van der Waals surface area contributed by atoms with Crippen molar-refractivity contribution in [3.05, 3.63) is 53.1 Å². The molecule has 0 spiro atoms. The first-order valence-corrected chi connectivity index (χ1v) is 6.31. The average molecular weight is 274 g/mol. The largest absolute Gasteiger partial charge is 0.295 e. The van der Waals surface area contributed by atoms with Crippen molar-refractivity contribution >= 4 is 23.2 Å². The maximum atomic E-state index is 12.5. The van der Waals surface area contributed by atoms with Crippen LogP contribution in [0.3, 0.4) is 0 Å². The molecule has 0 saturated heterocycles. The molecule has 1 aliphatic rings. The van der Waals surface area contributed by atoms with Gasteiger partial charge in [0.2, 0.25) is 0 Å². The van der Waals surface area contributed by atoms with Crippen molar-refractivity contribution in [1.29, 1.82) is 0 Å². The smallest absolute Gasteiger partial charge is 0.261 e. The van der Waals surface area contributed by atoms with Crippen LogP contribution < -0.4 is 4.90 Å². The summed E-state index contributed by atoms with van der Waals surface area (Å²) >= 11 is 5.94. The zero-order chi connectivity index (χ0) is 13.6. The Morgan fingerprint density at radius 1 is 1.26 bits per heavy atom. The number of carbonyl (C=O) groups is 1. The molecule has 0 unspecified atom stereocenters. The molecule has 0 aromatic carbocycles. The lowest BCUT2D eigenvalue weighted by molar-refractivity contribution is 0.0982. The van der Waals surface area contributed by atoms with Crippen LogP contribution in [0.15, 0.2) is 36.7 Å². The molecule has 0 bridgehead atoms. The molecule has 2 aromatic heterocycles. The summed E-state index contributed by atoms with van der Waals surface area (Å²) in [5, 5.41) is 0.396. The molecule has 19 heavy (non-hydrogen) atoms. The quantitative estimate of drug-likeness (QED) is 0.750. The lowest BCUT2D eigenvalue weighted by atomic mass is 9.99. The van der Waals surface area contributed by atoms with Gasteiger partial charge >= 0.3 is 0 Å². The standard InChI is InChI=1S/C14H12ClN3O/c1-14(2)12-10(5-6-11(15)17-12)13(19)18(14)9-4-3-7-16-8-9/h3-8H,1-2H3. The number of halogens is 1. The molecule has 3 rings (SSSR count). The van der Waals surface area contributed by atoms with Gasteiger partial charge in [-0.15, -0.1) is 0 Å². The predicted octanol–water partition coefficient (Wildman–Crippen LogP) is 3.03. The molecule has 2 aromatic rings. The first-order valence-electron chi connectivity index (χ1n) is 5.93. The van der Waals surface area contributed by atoms with Crippen LogP contribution in [0.2, 0.25) is 5.15 Å². The van der Waals surface area contributed by atoms with Gasteiger partial charge in [-0.05, 0) is 38.1 Å². The van der Waals surface area contributed by atoms with Crippen molar-refractivity contribution in [1.82, 2.24) is 9.97 Å². The van der Waals surface area contributed by atoms with Gasteiger partial charge in [-0.25, -0.2) is 4.98 Å². The molecule has 3 heterocycles. The summed E-state index contributed by atoms with van der Waals surface area (Å²) in [6.45, 7) is 3.90. The highest BCUT2D eigenvalue weighted by atomic mass is 35.5. The van der Waals surface area contributed by atoms with Gasteiger partial charge in [0.25, 0.3) is 5.91 Å². The minimum atomic E-state index is -0.541. The Morgan fingerprint density at radius 2 is 2.05 bits per heavy atom. The third-order valence-electron chi connectivity index (χ3n) is 3.34. The number of pyridine rings is 2. The van der Waals surface area contributed by atoms with Crippen LogP contribution in [0.4, 0.5) is 5.69 Å². The average Bonchev–Trinajstić information content (AvgIpc) is 2.58. The third kappa shape index (κ3) is 1.71. The number of amides is 1. The van der Waals surface area contributed by atoms with Gasteiger partial charge in [0.05, 0.1) is 28.7 Å². The van der Waals surface area contributed by atoms with Gasteiger partial charge < -0.3 is 0 Å². The second-order valence-electron chi connectivity index (χ2n) is 4.94. The Balaban J connectivity index is 2.19. The van der Waals surface area contributed by atoms with Crippen LogP contribution in [0.25, 0.3) is 0 Å². The predicted molar refractivity (Wildman–Crippen MR) is 73.3 cm³/mol. The van der Waals surface area contributed by atoms with Crippen molar-refractivity contribution < 1.29 is 4.79 Å². The van der Waals surface area contributed by atoms with E-state index in [9.17, 15) is 4.79 Å². The number of nitrogens with zero attached hydrogens (tertiary/aromatic N) is 3. The minimum absolute atomic E-state index is 0.0721. The van der Waals surface area contributed by atoms with E-state index in [2.05, 4.69) is 9.97 Å². The lowest BCUT2D eigenvalue weighted by Crippen LogP contribution is -2.39. The van der Waals surface area contributed by atoms with E-state index in [0.29, 0.717) is 16.4 Å². The van der Waals surface area contributed by atoms with E-state index >= 15 is 0 Å². The van der Waals surface area contributed by atoms with Gasteiger partial charge in [-0.2, -0.15) is 0 Å². The van der Waals surface area contributed by atoms with E-state index in [-0.39, 0.29) is 5.91 Å². The first-order chi connectivity index (χ1) is 9.01. The van der Waals surface area contributed by atoms with E-state index in [1.54, 1.807) is 29.4 Å². The number of rotatable bonds is 1. The van der Waals surface area contributed by atoms with Gasteiger partial charge in [0.1, 0.15) is 5.15 Å². The summed E-state index contributed by atoms with van der Waals surface area (Å²) in [6, 6.07) is 7.04. The molecule has 0 N–H and O–H groups in total. The highest BCUT2D eigenvalue weighted by Gasteiger charge is 2.45. The zero-order valence-corrected chi connectivity index (χ0v) is 11.3. The molecule has 1 aliphatic heterocycles. The normalized spacial score (nSPS) is 16.6. The van der Waals surface area contributed by atoms with Crippen LogP contribution in [0.5, 0.6) is 0 Å². The van der Waals surface area contributed by atoms with Crippen LogP contribution in [0.1, 0.15) is 29.9 Å². The Hall–Kier alpha value is -1.94. The molecular formula is C14H12ClN3O. The molecule has 1 amide bonds. The fraction of sp³-hybridized carbons (Fsp3) is 0.214. The van der Waals surface area contributed by atoms with E-state index in [1.165, 1.54) is 0 Å². The lowest BCUT2D eigenvalue weighted by Gasteiger charge is -2.31. The van der Waals surface area contributed by atoms with Crippen molar-refractivity contribution in [2.24, 2.45) is 0 Å². The van der Waals surface area contributed by atoms with E-state index < -0.39 is 5.54 Å². The molecule has 96 valence electrons. The Kier molecular flexibility index (Phi) is 2.57. The number of hydrogen-bond acceptors (Lipinski definition) is 3. The topological polar surface area (TPSA) is 46.1 Å². The maximum Gasteiger partial charge on any atom is 0.261 e. The SMILES string of the molecule is CC1(C)c2nc(Cl)ccc2C(=O)N1c1cccnc1. The van der Waals surface area contributed by atoms with Gasteiger partial charge in [-0.3, -0.25) is 14.7 Å². The minimum Gasteiger partial charge on any atom is -0.295 e. The van der Waals surface area contributed by atoms with Crippen molar-refractivity contribution in [2.75, 3.05) is 4.90 Å². The molecule has 4 nitrogen and oxygen atoms in total. The Labute approximate surface area is 116 Å². The van der Waals surface area contributed by atoms with Crippen LogP contribution in [-0.4, -0.2) is 15.9 Å². The van der Waals surface area contributed by atoms with Crippen LogP contribution in [-0.2, 0) is 5.54 Å². The summed E-state index contributed by atoms with van der Waals surface area (Å²) in [6.07, 6.45) is 3.35. The molecule has 0 atom stereocenters. The van der Waals surface area contributed by atoms with Crippen LogP contribution >= 0.6 is 11.6 Å². The number of hydrogen-bond donors (Lipinski definition) is 0. The van der Waals surface area contributed by atoms with Crippen LogP contribution in [0, 0.1) is 0 Å². The molecule has 0 saturated carbocycles. The van der Waals surface area contributed by atoms with Crippen molar-refractivity contribution in [3.63, 3.8) is 0 Å². The molecular weight excluding hydrogens is 262 g/mol. The fourth-order valence-corrected chi connectivity index (χ4v) is 2.63. The fourth-order valence-electron chi connectivity index (χ4n) is 2.48. The number of anilines is 1. The van der Waals surface area contributed by atoms with Gasteiger partial charge in [-0.1, -0.05) is 11.6 Å².